The third-order valence-corrected chi connectivity index (χ3v) is 5.14. The molecular formula is C22H27FN2O5S. The van der Waals surface area contributed by atoms with Crippen LogP contribution in [0.25, 0.3) is 11.1 Å². The first-order valence-electron chi connectivity index (χ1n) is 9.88. The quantitative estimate of drug-likeness (QED) is 0.716. The number of sulfonamides is 1. The number of hydrogen-bond donors (Lipinski definition) is 1. The van der Waals surface area contributed by atoms with Gasteiger partial charge in [0.15, 0.2) is 11.6 Å². The lowest BCUT2D eigenvalue weighted by molar-refractivity contribution is -0.00805. The predicted octanol–water partition coefficient (Wildman–Crippen LogP) is 4.11. The first kappa shape index (κ1) is 22.9. The Morgan fingerprint density at radius 1 is 1.13 bits per heavy atom. The highest BCUT2D eigenvalue weighted by molar-refractivity contribution is 7.92. The van der Waals surface area contributed by atoms with Gasteiger partial charge in [-0.05, 0) is 56.2 Å². The Balaban J connectivity index is 1.53. The van der Waals surface area contributed by atoms with Crippen LogP contribution in [-0.4, -0.2) is 51.0 Å². The second-order valence-corrected chi connectivity index (χ2v) is 10.4. The fraction of sp³-hybridized carbons (Fsp3) is 0.409. The van der Waals surface area contributed by atoms with Crippen LogP contribution in [0.5, 0.6) is 5.75 Å². The van der Waals surface area contributed by atoms with Crippen molar-refractivity contribution in [3.8, 4) is 16.9 Å². The van der Waals surface area contributed by atoms with Crippen LogP contribution in [0.1, 0.15) is 20.8 Å². The number of nitrogens with one attached hydrogen (secondary N) is 1. The van der Waals surface area contributed by atoms with Gasteiger partial charge in [0.25, 0.3) is 0 Å². The van der Waals surface area contributed by atoms with E-state index in [4.69, 9.17) is 9.47 Å². The van der Waals surface area contributed by atoms with Crippen LogP contribution in [0.4, 0.5) is 14.9 Å². The summed E-state index contributed by atoms with van der Waals surface area (Å²) in [6.45, 7) is 6.79. The summed E-state index contributed by atoms with van der Waals surface area (Å²) in [5, 5.41) is 0. The van der Waals surface area contributed by atoms with Crippen molar-refractivity contribution in [2.24, 2.45) is 5.92 Å². The molecule has 1 N–H and O–H groups in total. The van der Waals surface area contributed by atoms with E-state index in [1.165, 1.54) is 6.07 Å². The molecule has 1 heterocycles. The molecule has 0 aliphatic carbocycles. The molecule has 2 aromatic carbocycles. The molecule has 3 rings (SSSR count). The first-order chi connectivity index (χ1) is 14.4. The molecule has 0 bridgehead atoms. The van der Waals surface area contributed by atoms with E-state index in [2.05, 4.69) is 4.72 Å². The maximum Gasteiger partial charge on any atom is 0.410 e. The van der Waals surface area contributed by atoms with E-state index >= 15 is 0 Å². The van der Waals surface area contributed by atoms with Crippen molar-refractivity contribution >= 4 is 21.8 Å². The first-order valence-corrected chi connectivity index (χ1v) is 11.8. The summed E-state index contributed by atoms with van der Waals surface area (Å²) in [6, 6.07) is 11.3. The zero-order valence-corrected chi connectivity index (χ0v) is 18.8. The Hall–Kier alpha value is -2.81. The maximum atomic E-state index is 14.5. The largest absolute Gasteiger partial charge is 0.490 e. The van der Waals surface area contributed by atoms with Gasteiger partial charge in [-0.3, -0.25) is 4.72 Å². The molecule has 1 fully saturated rings. The number of halogens is 1. The molecule has 168 valence electrons. The molecule has 0 aromatic heterocycles. The van der Waals surface area contributed by atoms with Crippen LogP contribution in [-0.2, 0) is 14.8 Å². The predicted molar refractivity (Wildman–Crippen MR) is 117 cm³/mol. The van der Waals surface area contributed by atoms with Gasteiger partial charge >= 0.3 is 6.09 Å². The van der Waals surface area contributed by atoms with Crippen molar-refractivity contribution in [3.05, 3.63) is 48.3 Å². The molecule has 2 aromatic rings. The molecule has 1 saturated heterocycles. The number of carbonyl (C=O) groups excluding carboxylic acids is 1. The molecule has 9 heteroatoms. The van der Waals surface area contributed by atoms with Gasteiger partial charge in [-0.25, -0.2) is 17.6 Å². The number of ether oxygens (including phenoxy) is 2. The van der Waals surface area contributed by atoms with E-state index in [-0.39, 0.29) is 17.8 Å². The minimum Gasteiger partial charge on any atom is -0.490 e. The summed E-state index contributed by atoms with van der Waals surface area (Å²) >= 11 is 0. The van der Waals surface area contributed by atoms with Gasteiger partial charge in [-0.1, -0.05) is 18.2 Å². The fourth-order valence-electron chi connectivity index (χ4n) is 3.10. The van der Waals surface area contributed by atoms with E-state index in [1.807, 2.05) is 20.8 Å². The van der Waals surface area contributed by atoms with Crippen LogP contribution in [0.15, 0.2) is 42.5 Å². The summed E-state index contributed by atoms with van der Waals surface area (Å²) in [7, 11) is -3.35. The number of carbonyl (C=O) groups is 1. The lowest BCUT2D eigenvalue weighted by Crippen LogP contribution is -2.53. The second-order valence-electron chi connectivity index (χ2n) is 8.66. The summed E-state index contributed by atoms with van der Waals surface area (Å²) in [6.07, 6.45) is 0.727. The zero-order chi connectivity index (χ0) is 22.8. The maximum absolute atomic E-state index is 14.5. The van der Waals surface area contributed by atoms with Crippen molar-refractivity contribution < 1.29 is 27.1 Å². The summed E-state index contributed by atoms with van der Waals surface area (Å²) in [4.78, 5) is 13.5. The van der Waals surface area contributed by atoms with Crippen LogP contribution in [0.3, 0.4) is 0 Å². The van der Waals surface area contributed by atoms with Crippen molar-refractivity contribution in [3.63, 3.8) is 0 Å². The van der Waals surface area contributed by atoms with Gasteiger partial charge < -0.3 is 14.4 Å². The lowest BCUT2D eigenvalue weighted by atomic mass is 10.0. The van der Waals surface area contributed by atoms with Crippen molar-refractivity contribution in [1.29, 1.82) is 0 Å². The SMILES string of the molecule is CC(C)(C)OC(=O)N1CC(COc2ccc(-c3ccc(NS(C)(=O)=O)cc3)cc2F)C1. The number of amides is 1. The Bertz CT molecular complexity index is 1040. The number of benzene rings is 2. The Kier molecular flexibility index (Phi) is 6.45. The molecule has 1 amide bonds. The van der Waals surface area contributed by atoms with Gasteiger partial charge in [0.1, 0.15) is 5.60 Å². The highest BCUT2D eigenvalue weighted by Crippen LogP contribution is 2.28. The molecule has 0 spiro atoms. The van der Waals surface area contributed by atoms with E-state index in [0.717, 1.165) is 11.8 Å². The average molecular weight is 451 g/mol. The van der Waals surface area contributed by atoms with E-state index in [0.29, 0.717) is 30.9 Å². The highest BCUT2D eigenvalue weighted by Gasteiger charge is 2.34. The van der Waals surface area contributed by atoms with E-state index < -0.39 is 21.4 Å². The van der Waals surface area contributed by atoms with Crippen LogP contribution < -0.4 is 9.46 Å². The molecular weight excluding hydrogens is 423 g/mol. The number of hydrogen-bond acceptors (Lipinski definition) is 5. The van der Waals surface area contributed by atoms with Gasteiger partial charge in [0.2, 0.25) is 10.0 Å². The zero-order valence-electron chi connectivity index (χ0n) is 18.0. The summed E-state index contributed by atoms with van der Waals surface area (Å²) in [5.41, 5.74) is 1.30. The van der Waals surface area contributed by atoms with Crippen LogP contribution in [0.2, 0.25) is 0 Å². The molecule has 31 heavy (non-hydrogen) atoms. The van der Waals surface area contributed by atoms with Crippen molar-refractivity contribution in [2.75, 3.05) is 30.7 Å². The average Bonchev–Trinajstić information content (AvgIpc) is 2.59. The third-order valence-electron chi connectivity index (χ3n) is 4.54. The fourth-order valence-corrected chi connectivity index (χ4v) is 3.66. The molecule has 0 radical (unpaired) electrons. The third kappa shape index (κ3) is 6.58. The lowest BCUT2D eigenvalue weighted by Gasteiger charge is -2.39. The molecule has 0 unspecified atom stereocenters. The number of likely N-dealkylation sites (tertiary alicyclic amines) is 1. The molecule has 1 aliphatic rings. The Morgan fingerprint density at radius 3 is 2.29 bits per heavy atom. The Morgan fingerprint density at radius 2 is 1.74 bits per heavy atom. The Labute approximate surface area is 182 Å². The molecule has 0 saturated carbocycles. The van der Waals surface area contributed by atoms with E-state index in [1.54, 1.807) is 41.3 Å². The summed E-state index contributed by atoms with van der Waals surface area (Å²) < 4.78 is 50.4. The van der Waals surface area contributed by atoms with E-state index in [9.17, 15) is 17.6 Å². The minimum atomic E-state index is -3.35. The van der Waals surface area contributed by atoms with Gasteiger partial charge in [0, 0.05) is 24.7 Å². The van der Waals surface area contributed by atoms with Crippen LogP contribution in [0, 0.1) is 11.7 Å². The number of nitrogens with zero attached hydrogens (tertiary/aromatic N) is 1. The smallest absolute Gasteiger partial charge is 0.410 e. The minimum absolute atomic E-state index is 0.126. The van der Waals surface area contributed by atoms with Crippen molar-refractivity contribution in [2.45, 2.75) is 26.4 Å². The van der Waals surface area contributed by atoms with Crippen LogP contribution >= 0.6 is 0 Å². The van der Waals surface area contributed by atoms with Gasteiger partial charge in [0.05, 0.1) is 12.9 Å². The number of rotatable bonds is 6. The number of anilines is 1. The highest BCUT2D eigenvalue weighted by atomic mass is 32.2. The van der Waals surface area contributed by atoms with Crippen molar-refractivity contribution in [1.82, 2.24) is 4.90 Å². The topological polar surface area (TPSA) is 84.9 Å². The molecule has 0 atom stereocenters. The molecule has 1 aliphatic heterocycles. The van der Waals surface area contributed by atoms with Gasteiger partial charge in [-0.2, -0.15) is 0 Å². The second kappa shape index (κ2) is 8.74. The normalized spacial score (nSPS) is 14.7. The van der Waals surface area contributed by atoms with Gasteiger partial charge in [-0.15, -0.1) is 0 Å². The monoisotopic (exact) mass is 450 g/mol. The molecule has 7 nitrogen and oxygen atoms in total. The summed E-state index contributed by atoms with van der Waals surface area (Å²) in [5.74, 6) is -0.213. The standard InChI is InChI=1S/C22H27FN2O5S/c1-22(2,3)30-21(26)25-12-15(13-25)14-29-20-10-7-17(11-19(20)23)16-5-8-18(9-6-16)24-31(4,27)28/h5-11,15,24H,12-14H2,1-4H3.